The van der Waals surface area contributed by atoms with Crippen molar-refractivity contribution < 1.29 is 9.18 Å². The predicted octanol–water partition coefficient (Wildman–Crippen LogP) is 5.90. The van der Waals surface area contributed by atoms with E-state index in [4.69, 9.17) is 0 Å². The van der Waals surface area contributed by atoms with Crippen LogP contribution in [-0.2, 0) is 11.2 Å². The second-order valence-corrected chi connectivity index (χ2v) is 7.97. The Balaban J connectivity index is 0.000000414. The number of nitrogens with zero attached hydrogens (tertiary/aromatic N) is 3. The lowest BCUT2D eigenvalue weighted by Gasteiger charge is -2.33. The molecule has 2 rings (SSSR count). The van der Waals surface area contributed by atoms with Gasteiger partial charge in [-0.15, -0.1) is 0 Å². The van der Waals surface area contributed by atoms with Crippen molar-refractivity contribution in [3.63, 3.8) is 0 Å². The highest BCUT2D eigenvalue weighted by Crippen LogP contribution is 2.20. The molecule has 0 spiro atoms. The number of likely N-dealkylation sites (tertiary alicyclic amines) is 1. The first kappa shape index (κ1) is 25.8. The molecule has 1 aromatic carbocycles. The average molecular weight is 432 g/mol. The molecule has 6 heteroatoms. The molecule has 164 valence electrons. The second kappa shape index (κ2) is 13.2. The third-order valence-corrected chi connectivity index (χ3v) is 5.15. The Kier molecular flexibility index (Phi) is 11.3. The molecule has 1 fully saturated rings. The van der Waals surface area contributed by atoms with Crippen molar-refractivity contribution in [1.82, 2.24) is 4.90 Å². The first-order chi connectivity index (χ1) is 14.2. The van der Waals surface area contributed by atoms with Gasteiger partial charge in [0.25, 0.3) is 0 Å². The highest BCUT2D eigenvalue weighted by molar-refractivity contribution is 7.97. The Hall–Kier alpha value is -2.21. The van der Waals surface area contributed by atoms with Crippen LogP contribution in [0.5, 0.6) is 0 Å². The van der Waals surface area contributed by atoms with E-state index in [0.29, 0.717) is 0 Å². The number of allylic oxidation sites excluding steroid dienone is 1. The molecule has 0 unspecified atom stereocenters. The van der Waals surface area contributed by atoms with E-state index < -0.39 is 0 Å². The summed E-state index contributed by atoms with van der Waals surface area (Å²) in [5, 5.41) is 0. The first-order valence-electron chi connectivity index (χ1n) is 10.2. The minimum Gasteiger partial charge on any atom is -0.355 e. The molecule has 1 heterocycles. The third kappa shape index (κ3) is 8.66. The molecule has 0 aliphatic carbocycles. The molecule has 1 aliphatic rings. The number of piperidine rings is 1. The van der Waals surface area contributed by atoms with Crippen molar-refractivity contribution in [2.24, 2.45) is 15.3 Å². The zero-order valence-corrected chi connectivity index (χ0v) is 19.7. The van der Waals surface area contributed by atoms with Gasteiger partial charge in [-0.1, -0.05) is 32.2 Å². The fourth-order valence-electron chi connectivity index (χ4n) is 3.07. The highest BCUT2D eigenvalue weighted by atomic mass is 32.2. The molecule has 30 heavy (non-hydrogen) atoms. The lowest BCUT2D eigenvalue weighted by atomic mass is 9.93. The van der Waals surface area contributed by atoms with Gasteiger partial charge < -0.3 is 4.90 Å². The Morgan fingerprint density at radius 2 is 1.73 bits per heavy atom. The summed E-state index contributed by atoms with van der Waals surface area (Å²) in [6.07, 6.45) is 4.63. The van der Waals surface area contributed by atoms with E-state index in [1.165, 1.54) is 29.6 Å². The fourth-order valence-corrected chi connectivity index (χ4v) is 3.49. The number of aliphatic imine (C=N–C) groups is 1. The maximum Gasteiger partial charge on any atom is 0.155 e. The summed E-state index contributed by atoms with van der Waals surface area (Å²) in [5.41, 5.74) is 3.62. The van der Waals surface area contributed by atoms with Crippen LogP contribution in [0.2, 0.25) is 0 Å². The molecule has 0 saturated carbocycles. The van der Waals surface area contributed by atoms with Crippen LogP contribution in [0.3, 0.4) is 0 Å². The van der Waals surface area contributed by atoms with Crippen LogP contribution in [0.1, 0.15) is 46.1 Å². The second-order valence-electron chi connectivity index (χ2n) is 7.43. The van der Waals surface area contributed by atoms with Gasteiger partial charge in [-0.3, -0.25) is 4.79 Å². The van der Waals surface area contributed by atoms with Crippen molar-refractivity contribution in [2.75, 3.05) is 19.3 Å². The number of amidine groups is 1. The van der Waals surface area contributed by atoms with E-state index in [1.54, 1.807) is 19.1 Å². The van der Waals surface area contributed by atoms with Crippen molar-refractivity contribution in [3.8, 4) is 0 Å². The summed E-state index contributed by atoms with van der Waals surface area (Å²) >= 11 is 1.40. The Bertz CT molecular complexity index is 791. The summed E-state index contributed by atoms with van der Waals surface area (Å²) in [5.74, 6) is 1.13. The predicted molar refractivity (Wildman–Crippen MR) is 129 cm³/mol. The standard InChI is InChI=1S/C16H25N3OS.C8H9F/c1-11(2)15(18-21-6)16(17-12(3)4)19-9-7-14(8-10-19)13(5)20;1-2-7-3-5-8(9)6-4-7/h14H,1,3,7-10H2,2,4-6H3;3-6H,2H2,1H3/b17-16?,18-15+;. The van der Waals surface area contributed by atoms with E-state index in [9.17, 15) is 9.18 Å². The molecule has 0 radical (unpaired) electrons. The number of ketones is 1. The number of Topliss-reactive ketones (excluding diaryl/α,β-unsaturated/α-hetero) is 1. The molecular weight excluding hydrogens is 397 g/mol. The minimum absolute atomic E-state index is 0.160. The van der Waals surface area contributed by atoms with Gasteiger partial charge >= 0.3 is 0 Å². The zero-order chi connectivity index (χ0) is 22.7. The van der Waals surface area contributed by atoms with Crippen LogP contribution in [-0.4, -0.2) is 41.6 Å². The van der Waals surface area contributed by atoms with Gasteiger partial charge in [-0.2, -0.15) is 0 Å². The number of carbonyl (C=O) groups excluding carboxylic acids is 1. The molecule has 1 aliphatic heterocycles. The summed E-state index contributed by atoms with van der Waals surface area (Å²) < 4.78 is 16.7. The SMILES string of the molecule is C=C(C)N=C(/C(=N/SC)C(=C)C)N1CCC(C(C)=O)CC1.CCc1ccc(F)cc1. The lowest BCUT2D eigenvalue weighted by molar-refractivity contribution is -0.121. The molecule has 0 aromatic heterocycles. The van der Waals surface area contributed by atoms with Crippen LogP contribution < -0.4 is 0 Å². The van der Waals surface area contributed by atoms with Crippen LogP contribution in [0, 0.1) is 11.7 Å². The summed E-state index contributed by atoms with van der Waals surface area (Å²) in [6.45, 7) is 17.0. The normalized spacial score (nSPS) is 15.3. The Morgan fingerprint density at radius 1 is 1.17 bits per heavy atom. The smallest absolute Gasteiger partial charge is 0.155 e. The third-order valence-electron chi connectivity index (χ3n) is 4.79. The monoisotopic (exact) mass is 431 g/mol. The maximum absolute atomic E-state index is 12.2. The molecular formula is C24H34FN3OS. The van der Waals surface area contributed by atoms with E-state index in [-0.39, 0.29) is 17.5 Å². The molecule has 1 aromatic rings. The maximum atomic E-state index is 12.2. The van der Waals surface area contributed by atoms with Gasteiger partial charge in [0.1, 0.15) is 17.3 Å². The van der Waals surface area contributed by atoms with E-state index >= 15 is 0 Å². The van der Waals surface area contributed by atoms with Crippen molar-refractivity contribution in [2.45, 2.75) is 47.0 Å². The van der Waals surface area contributed by atoms with Crippen LogP contribution in [0.15, 0.2) is 58.1 Å². The van der Waals surface area contributed by atoms with E-state index in [1.807, 2.05) is 27.0 Å². The van der Waals surface area contributed by atoms with Gasteiger partial charge in [0.2, 0.25) is 0 Å². The minimum atomic E-state index is -0.160. The number of halogens is 1. The molecule has 1 saturated heterocycles. The zero-order valence-electron chi connectivity index (χ0n) is 18.9. The number of hydrogen-bond acceptors (Lipinski definition) is 4. The first-order valence-corrected chi connectivity index (χ1v) is 11.4. The van der Waals surface area contributed by atoms with E-state index in [2.05, 4.69) is 27.4 Å². The topological polar surface area (TPSA) is 45.0 Å². The van der Waals surface area contributed by atoms with Crippen molar-refractivity contribution in [3.05, 3.63) is 60.1 Å². The van der Waals surface area contributed by atoms with Crippen molar-refractivity contribution in [1.29, 1.82) is 0 Å². The summed E-state index contributed by atoms with van der Waals surface area (Å²) in [4.78, 5) is 18.3. The fraction of sp³-hybridized carbons (Fsp3) is 0.458. The molecule has 0 amide bonds. The Labute approximate surface area is 185 Å². The number of hydrogen-bond donors (Lipinski definition) is 0. The molecule has 0 bridgehead atoms. The van der Waals surface area contributed by atoms with Gasteiger partial charge in [0, 0.05) is 31.0 Å². The molecule has 4 nitrogen and oxygen atoms in total. The largest absolute Gasteiger partial charge is 0.355 e. The van der Waals surface area contributed by atoms with Gasteiger partial charge in [0.05, 0.1) is 0 Å². The van der Waals surface area contributed by atoms with Crippen molar-refractivity contribution >= 4 is 29.3 Å². The molecule has 0 atom stereocenters. The lowest BCUT2D eigenvalue weighted by Crippen LogP contribution is -2.43. The van der Waals surface area contributed by atoms with Crippen LogP contribution in [0.25, 0.3) is 0 Å². The van der Waals surface area contributed by atoms with Gasteiger partial charge in [-0.05, 0) is 75.3 Å². The van der Waals surface area contributed by atoms with Gasteiger partial charge in [0.15, 0.2) is 5.84 Å². The van der Waals surface area contributed by atoms with E-state index in [0.717, 1.165) is 55.2 Å². The summed E-state index contributed by atoms with van der Waals surface area (Å²) in [6, 6.07) is 6.57. The quantitative estimate of drug-likeness (QED) is 0.320. The number of benzene rings is 1. The molecule has 0 N–H and O–H groups in total. The summed E-state index contributed by atoms with van der Waals surface area (Å²) in [7, 11) is 0. The number of rotatable bonds is 6. The number of carbonyl (C=O) groups is 1. The Morgan fingerprint density at radius 3 is 2.13 bits per heavy atom. The van der Waals surface area contributed by atoms with Crippen LogP contribution in [0.4, 0.5) is 4.39 Å². The number of aryl methyl sites for hydroxylation is 1. The average Bonchev–Trinajstić information content (AvgIpc) is 2.71. The van der Waals surface area contributed by atoms with Crippen LogP contribution >= 0.6 is 11.9 Å². The van der Waals surface area contributed by atoms with Gasteiger partial charge in [-0.25, -0.2) is 13.8 Å². The highest BCUT2D eigenvalue weighted by Gasteiger charge is 2.26.